The molecule has 20 heavy (non-hydrogen) atoms. The Morgan fingerprint density at radius 3 is 2.70 bits per heavy atom. The molecule has 1 aliphatic rings. The van der Waals surface area contributed by atoms with Crippen molar-refractivity contribution in [3.63, 3.8) is 0 Å². The van der Waals surface area contributed by atoms with E-state index in [1.54, 1.807) is 24.3 Å². The molecule has 0 bridgehead atoms. The van der Waals surface area contributed by atoms with Crippen LogP contribution in [0.25, 0.3) is 0 Å². The minimum atomic E-state index is -0.525. The molecule has 0 unspecified atom stereocenters. The zero-order valence-corrected chi connectivity index (χ0v) is 11.0. The van der Waals surface area contributed by atoms with Crippen LogP contribution in [0, 0.1) is 15.9 Å². The van der Waals surface area contributed by atoms with Crippen LogP contribution in [0.15, 0.2) is 35.9 Å². The summed E-state index contributed by atoms with van der Waals surface area (Å²) in [7, 11) is 0. The molecular formula is C15H16FNO3. The number of rotatable bonds is 5. The van der Waals surface area contributed by atoms with Crippen LogP contribution in [0.4, 0.5) is 4.39 Å². The SMILES string of the molecule is O=C1C=C(C[C@@H](C[N+](=O)[O-])c2ccccc2F)CCC1. The van der Waals surface area contributed by atoms with Crippen LogP contribution in [-0.4, -0.2) is 17.3 Å². The third-order valence-electron chi connectivity index (χ3n) is 3.51. The van der Waals surface area contributed by atoms with Gasteiger partial charge in [0.05, 0.1) is 5.92 Å². The molecule has 106 valence electrons. The standard InChI is InChI=1S/C15H16FNO3/c16-15-7-2-1-6-14(15)12(10-17(19)20)8-11-4-3-5-13(18)9-11/h1-2,6-7,9,12H,3-5,8,10H2/t12-/m0/s1. The predicted octanol–water partition coefficient (Wildman–Crippen LogP) is 3.26. The van der Waals surface area contributed by atoms with E-state index in [0.29, 0.717) is 18.4 Å². The zero-order valence-electron chi connectivity index (χ0n) is 11.0. The molecule has 0 N–H and O–H groups in total. The molecule has 2 rings (SSSR count). The summed E-state index contributed by atoms with van der Waals surface area (Å²) < 4.78 is 13.8. The fourth-order valence-corrected chi connectivity index (χ4v) is 2.60. The summed E-state index contributed by atoms with van der Waals surface area (Å²) in [6, 6.07) is 6.12. The minimum Gasteiger partial charge on any atom is -0.295 e. The van der Waals surface area contributed by atoms with Gasteiger partial charge in [-0.1, -0.05) is 23.8 Å². The lowest BCUT2D eigenvalue weighted by Crippen LogP contribution is -2.16. The fourth-order valence-electron chi connectivity index (χ4n) is 2.60. The largest absolute Gasteiger partial charge is 0.295 e. The number of halogens is 1. The molecular weight excluding hydrogens is 261 g/mol. The molecule has 0 aliphatic heterocycles. The van der Waals surface area contributed by atoms with Gasteiger partial charge in [-0.3, -0.25) is 14.9 Å². The number of carbonyl (C=O) groups excluding carboxylic acids is 1. The molecule has 1 aromatic rings. The Labute approximate surface area is 116 Å². The number of hydrogen-bond donors (Lipinski definition) is 0. The van der Waals surface area contributed by atoms with Gasteiger partial charge >= 0.3 is 0 Å². The van der Waals surface area contributed by atoms with Crippen LogP contribution in [0.3, 0.4) is 0 Å². The van der Waals surface area contributed by atoms with Crippen LogP contribution in [0.2, 0.25) is 0 Å². The molecule has 4 nitrogen and oxygen atoms in total. The first-order chi connectivity index (χ1) is 9.56. The van der Waals surface area contributed by atoms with Gasteiger partial charge in [-0.2, -0.15) is 0 Å². The molecule has 0 saturated carbocycles. The Hall–Kier alpha value is -2.04. The monoisotopic (exact) mass is 277 g/mol. The van der Waals surface area contributed by atoms with Crippen molar-refractivity contribution in [2.45, 2.75) is 31.6 Å². The molecule has 1 atom stereocenters. The number of hydrogen-bond acceptors (Lipinski definition) is 3. The summed E-state index contributed by atoms with van der Waals surface area (Å²) in [5.41, 5.74) is 1.24. The molecule has 0 saturated heterocycles. The summed E-state index contributed by atoms with van der Waals surface area (Å²) in [5, 5.41) is 10.8. The van der Waals surface area contributed by atoms with Gasteiger partial charge in [0.1, 0.15) is 5.82 Å². The highest BCUT2D eigenvalue weighted by Gasteiger charge is 2.23. The van der Waals surface area contributed by atoms with Gasteiger partial charge in [0.2, 0.25) is 6.54 Å². The van der Waals surface area contributed by atoms with Gasteiger partial charge in [0.15, 0.2) is 5.78 Å². The summed E-state index contributed by atoms with van der Waals surface area (Å²) >= 11 is 0. The van der Waals surface area contributed by atoms with E-state index >= 15 is 0 Å². The summed E-state index contributed by atoms with van der Waals surface area (Å²) in [5.74, 6) is -0.898. The molecule has 0 radical (unpaired) electrons. The molecule has 1 aromatic carbocycles. The van der Waals surface area contributed by atoms with Gasteiger partial charge in [0, 0.05) is 11.3 Å². The van der Waals surface area contributed by atoms with Crippen LogP contribution >= 0.6 is 0 Å². The Kier molecular flexibility index (Phi) is 4.61. The van der Waals surface area contributed by atoms with Crippen molar-refractivity contribution >= 4 is 5.78 Å². The topological polar surface area (TPSA) is 60.2 Å². The second-order valence-corrected chi connectivity index (χ2v) is 5.06. The van der Waals surface area contributed by atoms with E-state index in [1.165, 1.54) is 6.07 Å². The number of benzene rings is 1. The average Bonchev–Trinajstić information content (AvgIpc) is 2.38. The van der Waals surface area contributed by atoms with E-state index in [2.05, 4.69) is 0 Å². The number of ketones is 1. The molecule has 0 amide bonds. The van der Waals surface area contributed by atoms with Crippen molar-refractivity contribution in [1.82, 2.24) is 0 Å². The Balaban J connectivity index is 2.22. The van der Waals surface area contributed by atoms with E-state index in [1.807, 2.05) is 0 Å². The minimum absolute atomic E-state index is 0.0552. The second-order valence-electron chi connectivity index (χ2n) is 5.06. The summed E-state index contributed by atoms with van der Waals surface area (Å²) in [4.78, 5) is 21.8. The summed E-state index contributed by atoms with van der Waals surface area (Å²) in [6.45, 7) is -0.327. The van der Waals surface area contributed by atoms with E-state index < -0.39 is 16.7 Å². The smallest absolute Gasteiger partial charge is 0.211 e. The first-order valence-corrected chi connectivity index (χ1v) is 6.65. The molecule has 5 heteroatoms. The fraction of sp³-hybridized carbons (Fsp3) is 0.400. The number of nitrogens with zero attached hydrogens (tertiary/aromatic N) is 1. The van der Waals surface area contributed by atoms with Crippen LogP contribution in [0.1, 0.15) is 37.2 Å². The highest BCUT2D eigenvalue weighted by molar-refractivity contribution is 5.91. The van der Waals surface area contributed by atoms with E-state index in [0.717, 1.165) is 18.4 Å². The Morgan fingerprint density at radius 1 is 1.30 bits per heavy atom. The van der Waals surface area contributed by atoms with E-state index in [4.69, 9.17) is 0 Å². The molecule has 0 fully saturated rings. The highest BCUT2D eigenvalue weighted by Crippen LogP contribution is 2.30. The number of allylic oxidation sites excluding steroid dienone is 2. The van der Waals surface area contributed by atoms with Crippen molar-refractivity contribution in [2.24, 2.45) is 0 Å². The van der Waals surface area contributed by atoms with Crippen LogP contribution in [-0.2, 0) is 4.79 Å². The quantitative estimate of drug-likeness (QED) is 0.613. The van der Waals surface area contributed by atoms with Crippen molar-refractivity contribution in [3.8, 4) is 0 Å². The van der Waals surface area contributed by atoms with E-state index in [-0.39, 0.29) is 12.3 Å². The molecule has 0 aromatic heterocycles. The van der Waals surface area contributed by atoms with Crippen LogP contribution < -0.4 is 0 Å². The van der Waals surface area contributed by atoms with Crippen molar-refractivity contribution < 1.29 is 14.1 Å². The van der Waals surface area contributed by atoms with Gasteiger partial charge in [0.25, 0.3) is 0 Å². The average molecular weight is 277 g/mol. The number of carbonyl (C=O) groups is 1. The van der Waals surface area contributed by atoms with Gasteiger partial charge in [-0.15, -0.1) is 0 Å². The normalized spacial score (nSPS) is 16.6. The highest BCUT2D eigenvalue weighted by atomic mass is 19.1. The van der Waals surface area contributed by atoms with Crippen molar-refractivity contribution in [2.75, 3.05) is 6.54 Å². The van der Waals surface area contributed by atoms with Gasteiger partial charge < -0.3 is 0 Å². The van der Waals surface area contributed by atoms with Gasteiger partial charge in [-0.25, -0.2) is 4.39 Å². The second kappa shape index (κ2) is 6.41. The maximum atomic E-state index is 13.8. The van der Waals surface area contributed by atoms with Gasteiger partial charge in [-0.05, 0) is 37.0 Å². The lowest BCUT2D eigenvalue weighted by atomic mass is 9.87. The van der Waals surface area contributed by atoms with Crippen LogP contribution in [0.5, 0.6) is 0 Å². The van der Waals surface area contributed by atoms with Crippen molar-refractivity contribution in [3.05, 3.63) is 57.4 Å². The molecule has 0 heterocycles. The zero-order chi connectivity index (χ0) is 14.5. The first-order valence-electron chi connectivity index (χ1n) is 6.65. The Morgan fingerprint density at radius 2 is 2.05 bits per heavy atom. The molecule has 1 aliphatic carbocycles. The van der Waals surface area contributed by atoms with E-state index in [9.17, 15) is 19.3 Å². The maximum absolute atomic E-state index is 13.8. The Bertz CT molecular complexity index is 554. The number of nitro groups is 1. The third-order valence-corrected chi connectivity index (χ3v) is 3.51. The molecule has 0 spiro atoms. The maximum Gasteiger partial charge on any atom is 0.211 e. The third kappa shape index (κ3) is 3.73. The first kappa shape index (κ1) is 14.4. The predicted molar refractivity (Wildman–Crippen MR) is 72.6 cm³/mol. The lowest BCUT2D eigenvalue weighted by Gasteiger charge is -2.18. The van der Waals surface area contributed by atoms with Crippen molar-refractivity contribution in [1.29, 1.82) is 0 Å². The lowest BCUT2D eigenvalue weighted by molar-refractivity contribution is -0.483. The summed E-state index contributed by atoms with van der Waals surface area (Å²) in [6.07, 6.45) is 4.00.